The van der Waals surface area contributed by atoms with Gasteiger partial charge in [0.2, 0.25) is 5.91 Å². The fraction of sp³-hybridized carbons (Fsp3) is 0.929. The molecular weight excluding hydrogens is 242 g/mol. The van der Waals surface area contributed by atoms with E-state index in [-0.39, 0.29) is 5.91 Å². The second kappa shape index (κ2) is 7.82. The van der Waals surface area contributed by atoms with Gasteiger partial charge in [-0.3, -0.25) is 4.79 Å². The largest absolute Gasteiger partial charge is 0.378 e. The molecule has 19 heavy (non-hydrogen) atoms. The number of carbonyl (C=O) groups is 1. The lowest BCUT2D eigenvalue weighted by Crippen LogP contribution is -2.41. The van der Waals surface area contributed by atoms with Gasteiger partial charge >= 0.3 is 0 Å². The molecule has 2 aliphatic rings. The van der Waals surface area contributed by atoms with Crippen LogP contribution >= 0.6 is 0 Å². The average molecular weight is 269 g/mol. The first-order valence-electron chi connectivity index (χ1n) is 7.57. The molecule has 2 N–H and O–H groups in total. The predicted molar refractivity (Wildman–Crippen MR) is 74.9 cm³/mol. The first-order chi connectivity index (χ1) is 9.29. The van der Waals surface area contributed by atoms with Gasteiger partial charge in [0.05, 0.1) is 13.2 Å². The molecule has 0 bridgehead atoms. The number of ether oxygens (including phenoxy) is 1. The number of nitrogens with zero attached hydrogens (tertiary/aromatic N) is 2. The molecule has 5 nitrogen and oxygen atoms in total. The molecule has 1 atom stereocenters. The number of morpholine rings is 1. The summed E-state index contributed by atoms with van der Waals surface area (Å²) >= 11 is 0. The summed E-state index contributed by atoms with van der Waals surface area (Å²) in [7, 11) is 0. The normalized spacial score (nSPS) is 25.5. The van der Waals surface area contributed by atoms with Gasteiger partial charge in [-0.1, -0.05) is 0 Å². The molecule has 0 aliphatic carbocycles. The molecule has 0 saturated carbocycles. The van der Waals surface area contributed by atoms with Gasteiger partial charge in [-0.2, -0.15) is 0 Å². The van der Waals surface area contributed by atoms with Gasteiger partial charge in [0.1, 0.15) is 0 Å². The molecule has 2 rings (SSSR count). The minimum Gasteiger partial charge on any atom is -0.378 e. The Morgan fingerprint density at radius 2 is 2.05 bits per heavy atom. The highest BCUT2D eigenvalue weighted by molar-refractivity contribution is 5.76. The Balaban J connectivity index is 1.61. The van der Waals surface area contributed by atoms with Gasteiger partial charge in [0.25, 0.3) is 0 Å². The highest BCUT2D eigenvalue weighted by Gasteiger charge is 2.20. The average Bonchev–Trinajstić information content (AvgIpc) is 2.48. The number of likely N-dealkylation sites (tertiary alicyclic amines) is 1. The highest BCUT2D eigenvalue weighted by Crippen LogP contribution is 2.15. The van der Waals surface area contributed by atoms with Crippen molar-refractivity contribution in [2.45, 2.75) is 25.7 Å². The number of nitrogens with two attached hydrogens (primary N) is 1. The number of piperidine rings is 1. The molecule has 110 valence electrons. The van der Waals surface area contributed by atoms with E-state index in [0.717, 1.165) is 39.1 Å². The van der Waals surface area contributed by atoms with Crippen LogP contribution in [0.4, 0.5) is 0 Å². The maximum absolute atomic E-state index is 12.0. The summed E-state index contributed by atoms with van der Waals surface area (Å²) in [6.07, 6.45) is 4.15. The van der Waals surface area contributed by atoms with Crippen LogP contribution in [-0.4, -0.2) is 68.2 Å². The Kier molecular flexibility index (Phi) is 6.07. The number of carbonyl (C=O) groups excluding carboxylic acids is 1. The van der Waals surface area contributed by atoms with Gasteiger partial charge in [0, 0.05) is 26.1 Å². The van der Waals surface area contributed by atoms with Crippen LogP contribution < -0.4 is 5.73 Å². The van der Waals surface area contributed by atoms with Crippen molar-refractivity contribution >= 4 is 5.91 Å². The van der Waals surface area contributed by atoms with Crippen LogP contribution in [0, 0.1) is 5.92 Å². The number of rotatable bonds is 5. The number of amides is 1. The van der Waals surface area contributed by atoms with E-state index >= 15 is 0 Å². The van der Waals surface area contributed by atoms with Crippen LogP contribution in [0.3, 0.4) is 0 Å². The monoisotopic (exact) mass is 269 g/mol. The Morgan fingerprint density at radius 1 is 1.26 bits per heavy atom. The molecule has 0 aromatic carbocycles. The van der Waals surface area contributed by atoms with Crippen LogP contribution in [0.25, 0.3) is 0 Å². The van der Waals surface area contributed by atoms with Crippen LogP contribution in [0.2, 0.25) is 0 Å². The summed E-state index contributed by atoms with van der Waals surface area (Å²) in [5.41, 5.74) is 5.74. The van der Waals surface area contributed by atoms with E-state index in [0.29, 0.717) is 25.6 Å². The quantitative estimate of drug-likeness (QED) is 0.780. The van der Waals surface area contributed by atoms with Crippen molar-refractivity contribution in [1.82, 2.24) is 9.80 Å². The maximum Gasteiger partial charge on any atom is 0.222 e. The smallest absolute Gasteiger partial charge is 0.222 e. The zero-order chi connectivity index (χ0) is 13.5. The van der Waals surface area contributed by atoms with Gasteiger partial charge in [-0.15, -0.1) is 0 Å². The van der Waals surface area contributed by atoms with E-state index in [1.165, 1.54) is 19.4 Å². The summed E-state index contributed by atoms with van der Waals surface area (Å²) in [4.78, 5) is 16.4. The molecule has 0 spiro atoms. The fourth-order valence-corrected chi connectivity index (χ4v) is 2.97. The number of hydrogen-bond acceptors (Lipinski definition) is 4. The molecule has 0 aromatic rings. The van der Waals surface area contributed by atoms with Crippen LogP contribution in [-0.2, 0) is 9.53 Å². The lowest BCUT2D eigenvalue weighted by molar-refractivity contribution is -0.135. The van der Waals surface area contributed by atoms with Gasteiger partial charge in [0.15, 0.2) is 0 Å². The van der Waals surface area contributed by atoms with Crippen LogP contribution in [0.15, 0.2) is 0 Å². The highest BCUT2D eigenvalue weighted by atomic mass is 16.5. The SMILES string of the molecule is NCC1CCCN(CCCC(=O)N2CCOCC2)C1. The summed E-state index contributed by atoms with van der Waals surface area (Å²) < 4.78 is 5.26. The molecule has 2 fully saturated rings. The van der Waals surface area contributed by atoms with Crippen molar-refractivity contribution in [3.05, 3.63) is 0 Å². The molecule has 1 amide bonds. The molecule has 0 radical (unpaired) electrons. The van der Waals surface area contributed by atoms with Crippen molar-refractivity contribution in [1.29, 1.82) is 0 Å². The van der Waals surface area contributed by atoms with Gasteiger partial charge < -0.3 is 20.3 Å². The standard InChI is InChI=1S/C14H27N3O2/c15-11-13-3-1-5-16(12-13)6-2-4-14(18)17-7-9-19-10-8-17/h13H,1-12,15H2. The Hall–Kier alpha value is -0.650. The molecule has 0 aromatic heterocycles. The van der Waals surface area contributed by atoms with Crippen molar-refractivity contribution in [3.8, 4) is 0 Å². The molecule has 2 aliphatic heterocycles. The molecular formula is C14H27N3O2. The summed E-state index contributed by atoms with van der Waals surface area (Å²) in [5.74, 6) is 0.944. The second-order valence-electron chi connectivity index (χ2n) is 5.64. The first-order valence-corrected chi connectivity index (χ1v) is 7.57. The maximum atomic E-state index is 12.0. The minimum atomic E-state index is 0.288. The van der Waals surface area contributed by atoms with E-state index in [1.807, 2.05) is 4.90 Å². The van der Waals surface area contributed by atoms with E-state index in [9.17, 15) is 4.79 Å². The molecule has 2 heterocycles. The summed E-state index contributed by atoms with van der Waals surface area (Å²) in [6.45, 7) is 7.02. The van der Waals surface area contributed by atoms with Crippen LogP contribution in [0.1, 0.15) is 25.7 Å². The van der Waals surface area contributed by atoms with E-state index in [1.54, 1.807) is 0 Å². The van der Waals surface area contributed by atoms with Gasteiger partial charge in [-0.05, 0) is 44.8 Å². The third-order valence-corrected chi connectivity index (χ3v) is 4.17. The van der Waals surface area contributed by atoms with Crippen LogP contribution in [0.5, 0.6) is 0 Å². The predicted octanol–water partition coefficient (Wildman–Crippen LogP) is 0.296. The van der Waals surface area contributed by atoms with Gasteiger partial charge in [-0.25, -0.2) is 0 Å². The second-order valence-corrected chi connectivity index (χ2v) is 5.64. The van der Waals surface area contributed by atoms with E-state index in [2.05, 4.69) is 4.90 Å². The Morgan fingerprint density at radius 3 is 2.79 bits per heavy atom. The van der Waals surface area contributed by atoms with Crippen molar-refractivity contribution < 1.29 is 9.53 Å². The third-order valence-electron chi connectivity index (χ3n) is 4.17. The molecule has 5 heteroatoms. The minimum absolute atomic E-state index is 0.288. The summed E-state index contributed by atoms with van der Waals surface area (Å²) in [5, 5.41) is 0. The fourth-order valence-electron chi connectivity index (χ4n) is 2.97. The summed E-state index contributed by atoms with van der Waals surface area (Å²) in [6, 6.07) is 0. The van der Waals surface area contributed by atoms with Crippen molar-refractivity contribution in [2.75, 3.05) is 52.5 Å². The third kappa shape index (κ3) is 4.75. The topological polar surface area (TPSA) is 58.8 Å². The van der Waals surface area contributed by atoms with E-state index < -0.39 is 0 Å². The zero-order valence-corrected chi connectivity index (χ0v) is 11.9. The van der Waals surface area contributed by atoms with Crippen molar-refractivity contribution in [2.24, 2.45) is 11.7 Å². The lowest BCUT2D eigenvalue weighted by Gasteiger charge is -2.32. The lowest BCUT2D eigenvalue weighted by atomic mass is 9.98. The number of hydrogen-bond donors (Lipinski definition) is 1. The zero-order valence-electron chi connectivity index (χ0n) is 11.9. The molecule has 1 unspecified atom stereocenters. The van der Waals surface area contributed by atoms with Crippen molar-refractivity contribution in [3.63, 3.8) is 0 Å². The molecule has 2 saturated heterocycles. The van der Waals surface area contributed by atoms with E-state index in [4.69, 9.17) is 10.5 Å². The Bertz CT molecular complexity index is 280. The first kappa shape index (κ1) is 14.8. The Labute approximate surface area is 116 Å².